The van der Waals surface area contributed by atoms with E-state index in [1.54, 1.807) is 17.0 Å². The minimum absolute atomic E-state index is 0.194. The lowest BCUT2D eigenvalue weighted by Gasteiger charge is -2.17. The zero-order valence-corrected chi connectivity index (χ0v) is 13.9. The number of carbonyl (C=O) groups is 2. The summed E-state index contributed by atoms with van der Waals surface area (Å²) in [6.45, 7) is 0.263. The molecule has 6 heteroatoms. The van der Waals surface area contributed by atoms with E-state index in [0.29, 0.717) is 17.3 Å². The van der Waals surface area contributed by atoms with E-state index in [1.165, 1.54) is 13.2 Å². The van der Waals surface area contributed by atoms with Gasteiger partial charge in [-0.25, -0.2) is 4.79 Å². The lowest BCUT2D eigenvalue weighted by atomic mass is 10.2. The summed E-state index contributed by atoms with van der Waals surface area (Å²) < 4.78 is 10.3. The first kappa shape index (κ1) is 16.3. The minimum atomic E-state index is -0.643. The molecule has 0 radical (unpaired) electrons. The van der Waals surface area contributed by atoms with Crippen LogP contribution >= 0.6 is 11.6 Å². The lowest BCUT2D eigenvalue weighted by molar-refractivity contribution is -0.121. The van der Waals surface area contributed by atoms with Crippen molar-refractivity contribution in [2.24, 2.45) is 0 Å². The van der Waals surface area contributed by atoms with Gasteiger partial charge in [-0.1, -0.05) is 29.8 Å². The Morgan fingerprint density at radius 1 is 1.21 bits per heavy atom. The van der Waals surface area contributed by atoms with Gasteiger partial charge in [0.25, 0.3) is 5.91 Å². The van der Waals surface area contributed by atoms with E-state index < -0.39 is 5.97 Å². The van der Waals surface area contributed by atoms with Crippen LogP contribution in [0.1, 0.15) is 15.9 Å². The van der Waals surface area contributed by atoms with Crippen LogP contribution in [0.3, 0.4) is 0 Å². The molecule has 1 amide bonds. The standard InChI is InChI=1S/C18H16ClNO4/c1-23-16-7-6-13(19)10-14(16)18(22)24-11-17(21)20-9-8-12-4-2-3-5-15(12)20/h2-7,10H,8-9,11H2,1H3. The predicted molar refractivity (Wildman–Crippen MR) is 90.8 cm³/mol. The number of esters is 1. The Hall–Kier alpha value is -2.53. The second-order valence-electron chi connectivity index (χ2n) is 5.34. The summed E-state index contributed by atoms with van der Waals surface area (Å²) in [5.74, 6) is -0.548. The van der Waals surface area contributed by atoms with E-state index in [2.05, 4.69) is 0 Å². The summed E-state index contributed by atoms with van der Waals surface area (Å²) in [4.78, 5) is 26.2. The Bertz CT molecular complexity index is 790. The van der Waals surface area contributed by atoms with Gasteiger partial charge in [0.1, 0.15) is 11.3 Å². The smallest absolute Gasteiger partial charge is 0.342 e. The maximum absolute atomic E-state index is 12.4. The number of nitrogens with zero attached hydrogens (tertiary/aromatic N) is 1. The fraction of sp³-hybridized carbons (Fsp3) is 0.222. The highest BCUT2D eigenvalue weighted by Gasteiger charge is 2.25. The average molecular weight is 346 g/mol. The van der Waals surface area contributed by atoms with Crippen molar-refractivity contribution >= 4 is 29.2 Å². The summed E-state index contributed by atoms with van der Waals surface area (Å²) in [5.41, 5.74) is 2.19. The van der Waals surface area contributed by atoms with Crippen molar-refractivity contribution in [1.29, 1.82) is 0 Å². The van der Waals surface area contributed by atoms with Crippen molar-refractivity contribution in [3.63, 3.8) is 0 Å². The van der Waals surface area contributed by atoms with Crippen LogP contribution in [0.25, 0.3) is 0 Å². The normalized spacial score (nSPS) is 12.7. The SMILES string of the molecule is COc1ccc(Cl)cc1C(=O)OCC(=O)N1CCc2ccccc21. The molecular weight excluding hydrogens is 330 g/mol. The molecule has 3 rings (SSSR count). The van der Waals surface area contributed by atoms with Crippen molar-refractivity contribution in [3.05, 3.63) is 58.6 Å². The Morgan fingerprint density at radius 2 is 2.00 bits per heavy atom. The van der Waals surface area contributed by atoms with Crippen LogP contribution in [0.5, 0.6) is 5.75 Å². The molecule has 1 aliphatic rings. The van der Waals surface area contributed by atoms with Crippen molar-refractivity contribution in [1.82, 2.24) is 0 Å². The van der Waals surface area contributed by atoms with Gasteiger partial charge in [-0.05, 0) is 36.2 Å². The Morgan fingerprint density at radius 3 is 2.79 bits per heavy atom. The molecule has 0 aromatic heterocycles. The zero-order valence-electron chi connectivity index (χ0n) is 13.1. The topological polar surface area (TPSA) is 55.8 Å². The molecule has 2 aromatic rings. The number of para-hydroxylation sites is 1. The summed E-state index contributed by atoms with van der Waals surface area (Å²) in [6, 6.07) is 12.4. The fourth-order valence-electron chi connectivity index (χ4n) is 2.72. The number of halogens is 1. The Kier molecular flexibility index (Phi) is 4.71. The summed E-state index contributed by atoms with van der Waals surface area (Å²) in [5, 5.41) is 0.391. The van der Waals surface area contributed by atoms with Gasteiger partial charge < -0.3 is 14.4 Å². The van der Waals surface area contributed by atoms with Crippen LogP contribution in [0.4, 0.5) is 5.69 Å². The molecule has 0 atom stereocenters. The third-order valence-electron chi connectivity index (χ3n) is 3.90. The van der Waals surface area contributed by atoms with Gasteiger partial charge >= 0.3 is 5.97 Å². The molecule has 1 aliphatic heterocycles. The second-order valence-corrected chi connectivity index (χ2v) is 5.78. The van der Waals surface area contributed by atoms with Crippen LogP contribution in [0, 0.1) is 0 Å². The highest BCUT2D eigenvalue weighted by atomic mass is 35.5. The number of hydrogen-bond acceptors (Lipinski definition) is 4. The number of ether oxygens (including phenoxy) is 2. The monoisotopic (exact) mass is 345 g/mol. The zero-order chi connectivity index (χ0) is 17.1. The van der Waals surface area contributed by atoms with Crippen LogP contribution in [-0.4, -0.2) is 32.1 Å². The van der Waals surface area contributed by atoms with Crippen LogP contribution in [0.2, 0.25) is 5.02 Å². The summed E-state index contributed by atoms with van der Waals surface area (Å²) >= 11 is 5.90. The largest absolute Gasteiger partial charge is 0.496 e. The minimum Gasteiger partial charge on any atom is -0.496 e. The average Bonchev–Trinajstić information content (AvgIpc) is 3.03. The van der Waals surface area contributed by atoms with Gasteiger partial charge in [0.15, 0.2) is 6.61 Å². The number of fused-ring (bicyclic) bond motifs is 1. The molecule has 124 valence electrons. The fourth-order valence-corrected chi connectivity index (χ4v) is 2.89. The number of methoxy groups -OCH3 is 1. The number of rotatable bonds is 4. The number of hydrogen-bond donors (Lipinski definition) is 0. The molecule has 0 saturated carbocycles. The third-order valence-corrected chi connectivity index (χ3v) is 4.13. The maximum atomic E-state index is 12.4. The van der Waals surface area contributed by atoms with Crippen molar-refractivity contribution in [3.8, 4) is 5.75 Å². The van der Waals surface area contributed by atoms with E-state index in [9.17, 15) is 9.59 Å². The number of carbonyl (C=O) groups excluding carboxylic acids is 2. The molecule has 1 heterocycles. The number of anilines is 1. The molecule has 0 spiro atoms. The highest BCUT2D eigenvalue weighted by molar-refractivity contribution is 6.31. The Labute approximate surface area is 144 Å². The van der Waals surface area contributed by atoms with Crippen molar-refractivity contribution in [2.75, 3.05) is 25.2 Å². The van der Waals surface area contributed by atoms with Gasteiger partial charge in [-0.2, -0.15) is 0 Å². The van der Waals surface area contributed by atoms with Gasteiger partial charge in [0, 0.05) is 17.3 Å². The van der Waals surface area contributed by atoms with Gasteiger partial charge in [-0.3, -0.25) is 4.79 Å². The quantitative estimate of drug-likeness (QED) is 0.799. The maximum Gasteiger partial charge on any atom is 0.342 e. The summed E-state index contributed by atoms with van der Waals surface area (Å²) in [7, 11) is 1.45. The summed E-state index contributed by atoms with van der Waals surface area (Å²) in [6.07, 6.45) is 0.804. The van der Waals surface area contributed by atoms with Gasteiger partial charge in [0.05, 0.1) is 7.11 Å². The van der Waals surface area contributed by atoms with Crippen LogP contribution in [0.15, 0.2) is 42.5 Å². The molecule has 0 aliphatic carbocycles. The molecule has 0 saturated heterocycles. The van der Waals surface area contributed by atoms with Crippen molar-refractivity contribution < 1.29 is 19.1 Å². The first-order chi connectivity index (χ1) is 11.6. The molecular formula is C18H16ClNO4. The second kappa shape index (κ2) is 6.93. The molecule has 0 unspecified atom stereocenters. The number of benzene rings is 2. The molecule has 2 aromatic carbocycles. The molecule has 0 N–H and O–H groups in total. The van der Waals surface area contributed by atoms with E-state index in [1.807, 2.05) is 24.3 Å². The molecule has 24 heavy (non-hydrogen) atoms. The first-order valence-corrected chi connectivity index (χ1v) is 7.87. The van der Waals surface area contributed by atoms with Gasteiger partial charge in [0.2, 0.25) is 0 Å². The van der Waals surface area contributed by atoms with Crippen LogP contribution < -0.4 is 9.64 Å². The Balaban J connectivity index is 1.67. The predicted octanol–water partition coefficient (Wildman–Crippen LogP) is 3.09. The van der Waals surface area contributed by atoms with Crippen molar-refractivity contribution in [2.45, 2.75) is 6.42 Å². The third kappa shape index (κ3) is 3.21. The molecule has 0 fully saturated rings. The molecule has 0 bridgehead atoms. The van der Waals surface area contributed by atoms with E-state index >= 15 is 0 Å². The van der Waals surface area contributed by atoms with E-state index in [4.69, 9.17) is 21.1 Å². The first-order valence-electron chi connectivity index (χ1n) is 7.49. The number of amides is 1. The highest BCUT2D eigenvalue weighted by Crippen LogP contribution is 2.28. The molecule has 5 nitrogen and oxygen atoms in total. The van der Waals surface area contributed by atoms with E-state index in [0.717, 1.165) is 17.7 Å². The van der Waals surface area contributed by atoms with Gasteiger partial charge in [-0.15, -0.1) is 0 Å². The van der Waals surface area contributed by atoms with Crippen LogP contribution in [-0.2, 0) is 16.0 Å². The lowest BCUT2D eigenvalue weighted by Crippen LogP contribution is -2.33. The van der Waals surface area contributed by atoms with E-state index in [-0.39, 0.29) is 18.1 Å².